The van der Waals surface area contributed by atoms with E-state index in [1.165, 1.54) is 0 Å². The molecule has 0 aliphatic rings. The first-order valence-electron chi connectivity index (χ1n) is 9.12. The lowest BCUT2D eigenvalue weighted by atomic mass is 10.1. The summed E-state index contributed by atoms with van der Waals surface area (Å²) in [4.78, 5) is 14.0. The first-order chi connectivity index (χ1) is 13.9. The summed E-state index contributed by atoms with van der Waals surface area (Å²) in [7, 11) is -3.81. The Labute approximate surface area is 175 Å². The maximum Gasteiger partial charge on any atom is 0.261 e. The van der Waals surface area contributed by atoms with Gasteiger partial charge < -0.3 is 5.32 Å². The summed E-state index contributed by atoms with van der Waals surface area (Å²) in [5, 5.41) is 2.89. The summed E-state index contributed by atoms with van der Waals surface area (Å²) in [6, 6.07) is 20.6. The predicted octanol–water partition coefficient (Wildman–Crippen LogP) is 5.16. The van der Waals surface area contributed by atoms with Gasteiger partial charge in [0.05, 0.1) is 21.8 Å². The Hall–Kier alpha value is -2.77. The standard InChI is InChI=1S/C22H22N2O3S2/c1-3-28-21-11-7-6-10-20(21)23-22(25)18-8-4-5-9-19(18)24-29(26,27)17-14-12-16(2)13-15-17/h4-15,24H,3H2,1-2H3,(H,23,25). The van der Waals surface area contributed by atoms with E-state index in [0.717, 1.165) is 16.2 Å². The number of hydrogen-bond donors (Lipinski definition) is 2. The third kappa shape index (κ3) is 5.19. The lowest BCUT2D eigenvalue weighted by molar-refractivity contribution is 0.102. The molecule has 0 aliphatic carbocycles. The number of rotatable bonds is 7. The fraction of sp³-hybridized carbons (Fsp3) is 0.136. The van der Waals surface area contributed by atoms with Crippen LogP contribution in [0.3, 0.4) is 0 Å². The second-order valence-corrected chi connectivity index (χ2v) is 9.34. The molecule has 5 nitrogen and oxygen atoms in total. The summed E-state index contributed by atoms with van der Waals surface area (Å²) in [6.07, 6.45) is 0. The van der Waals surface area contributed by atoms with Crippen molar-refractivity contribution in [2.75, 3.05) is 15.8 Å². The van der Waals surface area contributed by atoms with Gasteiger partial charge in [0.15, 0.2) is 0 Å². The normalized spacial score (nSPS) is 11.1. The SMILES string of the molecule is CCSc1ccccc1NC(=O)c1ccccc1NS(=O)(=O)c1ccc(C)cc1. The molecule has 0 heterocycles. The van der Waals surface area contributed by atoms with E-state index in [2.05, 4.69) is 10.0 Å². The van der Waals surface area contributed by atoms with Crippen molar-refractivity contribution in [3.8, 4) is 0 Å². The van der Waals surface area contributed by atoms with Gasteiger partial charge in [-0.15, -0.1) is 11.8 Å². The molecule has 2 N–H and O–H groups in total. The molecule has 0 unspecified atom stereocenters. The number of amides is 1. The number of thioether (sulfide) groups is 1. The van der Waals surface area contributed by atoms with Gasteiger partial charge in [-0.05, 0) is 49.1 Å². The van der Waals surface area contributed by atoms with Crippen LogP contribution in [0.1, 0.15) is 22.8 Å². The zero-order chi connectivity index (χ0) is 20.9. The second-order valence-electron chi connectivity index (χ2n) is 6.35. The van der Waals surface area contributed by atoms with Crippen molar-refractivity contribution < 1.29 is 13.2 Å². The quantitative estimate of drug-likeness (QED) is 0.512. The molecule has 7 heteroatoms. The van der Waals surface area contributed by atoms with Crippen LogP contribution in [0.4, 0.5) is 11.4 Å². The van der Waals surface area contributed by atoms with Gasteiger partial charge in [-0.3, -0.25) is 9.52 Å². The van der Waals surface area contributed by atoms with Gasteiger partial charge in [-0.25, -0.2) is 8.42 Å². The van der Waals surface area contributed by atoms with Crippen molar-refractivity contribution in [2.45, 2.75) is 23.6 Å². The third-order valence-electron chi connectivity index (χ3n) is 4.18. The van der Waals surface area contributed by atoms with Gasteiger partial charge in [-0.2, -0.15) is 0 Å². The highest BCUT2D eigenvalue weighted by Crippen LogP contribution is 2.28. The Morgan fingerprint density at radius 1 is 0.897 bits per heavy atom. The largest absolute Gasteiger partial charge is 0.321 e. The van der Waals surface area contributed by atoms with Crippen LogP contribution in [0.15, 0.2) is 82.6 Å². The van der Waals surface area contributed by atoms with E-state index in [4.69, 9.17) is 0 Å². The molecule has 150 valence electrons. The highest BCUT2D eigenvalue weighted by molar-refractivity contribution is 7.99. The van der Waals surface area contributed by atoms with E-state index in [9.17, 15) is 13.2 Å². The molecule has 1 amide bonds. The summed E-state index contributed by atoms with van der Waals surface area (Å²) in [5.41, 5.74) is 2.14. The topological polar surface area (TPSA) is 75.3 Å². The van der Waals surface area contributed by atoms with E-state index < -0.39 is 10.0 Å². The summed E-state index contributed by atoms with van der Waals surface area (Å²) in [5.74, 6) is 0.496. The smallest absolute Gasteiger partial charge is 0.261 e. The maximum atomic E-state index is 12.9. The molecule has 3 rings (SSSR count). The molecule has 0 spiro atoms. The van der Waals surface area contributed by atoms with Crippen LogP contribution in [0.5, 0.6) is 0 Å². The molecule has 0 aliphatic heterocycles. The van der Waals surface area contributed by atoms with E-state index in [-0.39, 0.29) is 22.1 Å². The Kier molecular flexibility index (Phi) is 6.61. The van der Waals surface area contributed by atoms with Crippen molar-refractivity contribution in [3.63, 3.8) is 0 Å². The monoisotopic (exact) mass is 426 g/mol. The average molecular weight is 427 g/mol. The van der Waals surface area contributed by atoms with Crippen molar-refractivity contribution in [3.05, 3.63) is 83.9 Å². The van der Waals surface area contributed by atoms with Crippen molar-refractivity contribution in [2.24, 2.45) is 0 Å². The lowest BCUT2D eigenvalue weighted by Gasteiger charge is -2.14. The number of hydrogen-bond acceptors (Lipinski definition) is 4. The molecule has 29 heavy (non-hydrogen) atoms. The average Bonchev–Trinajstić information content (AvgIpc) is 2.70. The molecule has 0 atom stereocenters. The van der Waals surface area contributed by atoms with Crippen molar-refractivity contribution >= 4 is 39.1 Å². The van der Waals surface area contributed by atoms with Gasteiger partial charge in [0, 0.05) is 4.90 Å². The number of para-hydroxylation sites is 2. The first-order valence-corrected chi connectivity index (χ1v) is 11.6. The predicted molar refractivity (Wildman–Crippen MR) is 119 cm³/mol. The Morgan fingerprint density at radius 3 is 2.21 bits per heavy atom. The Bertz CT molecular complexity index is 1110. The molecule has 0 saturated carbocycles. The minimum absolute atomic E-state index is 0.142. The summed E-state index contributed by atoms with van der Waals surface area (Å²) in [6.45, 7) is 3.93. The highest BCUT2D eigenvalue weighted by Gasteiger charge is 2.19. The molecular formula is C22H22N2O3S2. The fourth-order valence-electron chi connectivity index (χ4n) is 2.73. The van der Waals surface area contributed by atoms with Crippen LogP contribution in [-0.4, -0.2) is 20.1 Å². The zero-order valence-electron chi connectivity index (χ0n) is 16.2. The number of nitrogens with one attached hydrogen (secondary N) is 2. The Balaban J connectivity index is 1.87. The first kappa shape index (κ1) is 21.0. The van der Waals surface area contributed by atoms with E-state index >= 15 is 0 Å². The summed E-state index contributed by atoms with van der Waals surface area (Å²) < 4.78 is 28.0. The Morgan fingerprint density at radius 2 is 1.52 bits per heavy atom. The fourth-order valence-corrected chi connectivity index (χ4v) is 4.57. The molecule has 0 fully saturated rings. The molecule has 0 aromatic heterocycles. The maximum absolute atomic E-state index is 12.9. The number of benzene rings is 3. The molecule has 0 saturated heterocycles. The van der Waals surface area contributed by atoms with Crippen LogP contribution < -0.4 is 10.0 Å². The van der Waals surface area contributed by atoms with E-state index in [1.807, 2.05) is 38.1 Å². The van der Waals surface area contributed by atoms with Crippen molar-refractivity contribution in [1.82, 2.24) is 0 Å². The second kappa shape index (κ2) is 9.15. The van der Waals surface area contributed by atoms with Crippen LogP contribution in [-0.2, 0) is 10.0 Å². The molecule has 0 bridgehead atoms. The van der Waals surface area contributed by atoms with E-state index in [0.29, 0.717) is 5.69 Å². The van der Waals surface area contributed by atoms with Gasteiger partial charge in [0.2, 0.25) is 0 Å². The van der Waals surface area contributed by atoms with Gasteiger partial charge in [0.1, 0.15) is 0 Å². The third-order valence-corrected chi connectivity index (χ3v) is 6.52. The van der Waals surface area contributed by atoms with Crippen molar-refractivity contribution in [1.29, 1.82) is 0 Å². The van der Waals surface area contributed by atoms with Crippen LogP contribution >= 0.6 is 11.8 Å². The number of aryl methyl sites for hydroxylation is 1. The highest BCUT2D eigenvalue weighted by atomic mass is 32.2. The molecular weight excluding hydrogens is 404 g/mol. The van der Waals surface area contributed by atoms with Crippen LogP contribution in [0.25, 0.3) is 0 Å². The minimum atomic E-state index is -3.81. The lowest BCUT2D eigenvalue weighted by Crippen LogP contribution is -2.18. The number of carbonyl (C=O) groups excluding carboxylic acids is 1. The number of anilines is 2. The molecule has 0 radical (unpaired) electrons. The van der Waals surface area contributed by atoms with Gasteiger partial charge in [0.25, 0.3) is 15.9 Å². The summed E-state index contributed by atoms with van der Waals surface area (Å²) >= 11 is 1.63. The van der Waals surface area contributed by atoms with Crippen LogP contribution in [0, 0.1) is 6.92 Å². The van der Waals surface area contributed by atoms with Gasteiger partial charge in [-0.1, -0.05) is 48.9 Å². The van der Waals surface area contributed by atoms with E-state index in [1.54, 1.807) is 60.3 Å². The van der Waals surface area contributed by atoms with Gasteiger partial charge >= 0.3 is 0 Å². The van der Waals surface area contributed by atoms with Crippen LogP contribution in [0.2, 0.25) is 0 Å². The minimum Gasteiger partial charge on any atom is -0.321 e. The molecule has 3 aromatic rings. The number of carbonyl (C=O) groups is 1. The molecule has 3 aromatic carbocycles. The number of sulfonamides is 1. The zero-order valence-corrected chi connectivity index (χ0v) is 17.8.